The SMILES string of the molecule is CC1(COc2ncc(C(=O)Nc3c(-c4cc(F)ccc4F)ccnc3C3CCC(F)(F)CC3)cn2)COC1. The lowest BCUT2D eigenvalue weighted by molar-refractivity contribution is -0.121. The van der Waals surface area contributed by atoms with E-state index in [4.69, 9.17) is 9.47 Å². The Morgan fingerprint density at radius 3 is 2.45 bits per heavy atom. The van der Waals surface area contributed by atoms with Crippen molar-refractivity contribution in [2.45, 2.75) is 44.4 Å². The highest BCUT2D eigenvalue weighted by Gasteiger charge is 2.37. The van der Waals surface area contributed by atoms with Gasteiger partial charge in [0.15, 0.2) is 0 Å². The van der Waals surface area contributed by atoms with Crippen LogP contribution in [0.5, 0.6) is 6.01 Å². The van der Waals surface area contributed by atoms with Gasteiger partial charge < -0.3 is 14.8 Å². The van der Waals surface area contributed by atoms with Crippen LogP contribution in [-0.2, 0) is 4.74 Å². The summed E-state index contributed by atoms with van der Waals surface area (Å²) in [5.41, 5.74) is 0.559. The zero-order chi connectivity index (χ0) is 26.9. The molecular formula is C27H26F4N4O3. The summed E-state index contributed by atoms with van der Waals surface area (Å²) in [6.45, 7) is 3.53. The Kier molecular flexibility index (Phi) is 7.04. The number of anilines is 1. The highest BCUT2D eigenvalue weighted by molar-refractivity contribution is 6.06. The second-order valence-electron chi connectivity index (χ2n) is 10.2. The van der Waals surface area contributed by atoms with E-state index in [-0.39, 0.29) is 59.5 Å². The van der Waals surface area contributed by atoms with Crippen molar-refractivity contribution in [3.8, 4) is 17.1 Å². The predicted octanol–water partition coefficient (Wildman–Crippen LogP) is 5.78. The van der Waals surface area contributed by atoms with Crippen LogP contribution < -0.4 is 10.1 Å². The van der Waals surface area contributed by atoms with Crippen molar-refractivity contribution in [3.05, 3.63) is 65.7 Å². The minimum absolute atomic E-state index is 0.0847. The molecule has 38 heavy (non-hydrogen) atoms. The summed E-state index contributed by atoms with van der Waals surface area (Å²) >= 11 is 0. The number of nitrogens with one attached hydrogen (secondary N) is 1. The number of hydrogen-bond acceptors (Lipinski definition) is 6. The van der Waals surface area contributed by atoms with E-state index in [2.05, 4.69) is 20.3 Å². The van der Waals surface area contributed by atoms with Gasteiger partial charge in [-0.1, -0.05) is 6.92 Å². The molecule has 3 heterocycles. The fraction of sp³-hybridized carbons (Fsp3) is 0.407. The number of hydrogen-bond donors (Lipinski definition) is 1. The monoisotopic (exact) mass is 530 g/mol. The molecule has 3 aromatic rings. The van der Waals surface area contributed by atoms with Gasteiger partial charge in [-0.15, -0.1) is 0 Å². The van der Waals surface area contributed by atoms with Crippen molar-refractivity contribution in [1.82, 2.24) is 15.0 Å². The van der Waals surface area contributed by atoms with Crippen LogP contribution in [0.15, 0.2) is 42.9 Å². The Morgan fingerprint density at radius 2 is 1.79 bits per heavy atom. The molecule has 1 amide bonds. The van der Waals surface area contributed by atoms with E-state index in [1.54, 1.807) is 0 Å². The first-order valence-electron chi connectivity index (χ1n) is 12.3. The molecular weight excluding hydrogens is 504 g/mol. The standard InChI is InChI=1S/C27H26F4N4O3/c1-26(13-37-14-26)15-38-25-33-11-17(12-34-25)24(36)35-23-19(20-10-18(28)2-3-21(20)29)6-9-32-22(23)16-4-7-27(30,31)8-5-16/h2-3,6,9-12,16H,4-5,7-8,13-15H2,1H3,(H,35,36). The topological polar surface area (TPSA) is 86.2 Å². The van der Waals surface area contributed by atoms with Crippen LogP contribution in [0.25, 0.3) is 11.1 Å². The van der Waals surface area contributed by atoms with E-state index in [0.29, 0.717) is 25.5 Å². The van der Waals surface area contributed by atoms with Gasteiger partial charge in [-0.25, -0.2) is 27.5 Å². The summed E-state index contributed by atoms with van der Waals surface area (Å²) in [5, 5.41) is 2.74. The molecule has 0 unspecified atom stereocenters. The van der Waals surface area contributed by atoms with E-state index < -0.39 is 29.4 Å². The number of carbonyl (C=O) groups is 1. The largest absolute Gasteiger partial charge is 0.463 e. The number of aromatic nitrogens is 3. The number of pyridine rings is 1. The Labute approximate surface area is 216 Å². The van der Waals surface area contributed by atoms with Crippen LogP contribution in [0, 0.1) is 17.0 Å². The summed E-state index contributed by atoms with van der Waals surface area (Å²) in [5.74, 6) is -5.16. The smallest absolute Gasteiger partial charge is 0.316 e. The van der Waals surface area contributed by atoms with Crippen molar-refractivity contribution in [3.63, 3.8) is 0 Å². The van der Waals surface area contributed by atoms with Crippen LogP contribution in [0.4, 0.5) is 23.2 Å². The average molecular weight is 531 g/mol. The summed E-state index contributed by atoms with van der Waals surface area (Å²) in [4.78, 5) is 25.8. The molecule has 1 saturated carbocycles. The maximum Gasteiger partial charge on any atom is 0.316 e. The minimum atomic E-state index is -2.77. The number of rotatable bonds is 7. The van der Waals surface area contributed by atoms with Crippen molar-refractivity contribution in [2.75, 3.05) is 25.1 Å². The van der Waals surface area contributed by atoms with Gasteiger partial charge in [-0.05, 0) is 37.1 Å². The maximum atomic E-state index is 14.8. The Balaban J connectivity index is 1.43. The maximum absolute atomic E-state index is 14.8. The summed E-state index contributed by atoms with van der Waals surface area (Å²) < 4.78 is 67.3. The fourth-order valence-corrected chi connectivity index (χ4v) is 4.63. The number of nitrogens with zero attached hydrogens (tertiary/aromatic N) is 3. The zero-order valence-electron chi connectivity index (χ0n) is 20.6. The lowest BCUT2D eigenvalue weighted by Gasteiger charge is -2.37. The number of carbonyl (C=O) groups excluding carboxylic acids is 1. The molecule has 7 nitrogen and oxygen atoms in total. The Bertz CT molecular complexity index is 1320. The molecule has 11 heteroatoms. The first kappa shape index (κ1) is 26.0. The molecule has 1 aliphatic carbocycles. The normalized spacial score (nSPS) is 18.4. The van der Waals surface area contributed by atoms with Crippen molar-refractivity contribution in [2.24, 2.45) is 5.41 Å². The van der Waals surface area contributed by atoms with Crippen LogP contribution in [0.1, 0.15) is 54.6 Å². The Morgan fingerprint density at radius 1 is 1.08 bits per heavy atom. The molecule has 1 aromatic carbocycles. The van der Waals surface area contributed by atoms with Gasteiger partial charge in [0, 0.05) is 53.9 Å². The van der Waals surface area contributed by atoms with E-state index in [1.807, 2.05) is 6.92 Å². The molecule has 5 rings (SSSR count). The van der Waals surface area contributed by atoms with Gasteiger partial charge in [0.2, 0.25) is 5.92 Å². The molecule has 0 spiro atoms. The van der Waals surface area contributed by atoms with Gasteiger partial charge in [0.1, 0.15) is 18.2 Å². The molecule has 2 aliphatic rings. The van der Waals surface area contributed by atoms with Gasteiger partial charge in [0.05, 0.1) is 30.2 Å². The summed E-state index contributed by atoms with van der Waals surface area (Å²) in [6, 6.07) is 4.54. The molecule has 0 radical (unpaired) electrons. The first-order chi connectivity index (χ1) is 18.1. The lowest BCUT2D eigenvalue weighted by atomic mass is 9.83. The van der Waals surface area contributed by atoms with Crippen LogP contribution in [0.3, 0.4) is 0 Å². The quantitative estimate of drug-likeness (QED) is 0.390. The molecule has 2 aromatic heterocycles. The number of benzene rings is 1. The van der Waals surface area contributed by atoms with E-state index in [9.17, 15) is 22.4 Å². The molecule has 0 atom stereocenters. The number of amides is 1. The third kappa shape index (κ3) is 5.62. The van der Waals surface area contributed by atoms with E-state index in [0.717, 1.165) is 18.2 Å². The highest BCUT2D eigenvalue weighted by Crippen LogP contribution is 2.44. The average Bonchev–Trinajstić information content (AvgIpc) is 2.88. The first-order valence-corrected chi connectivity index (χ1v) is 12.3. The Hall–Kier alpha value is -3.60. The van der Waals surface area contributed by atoms with Crippen molar-refractivity contribution >= 4 is 11.6 Å². The highest BCUT2D eigenvalue weighted by atomic mass is 19.3. The van der Waals surface area contributed by atoms with Crippen molar-refractivity contribution in [1.29, 1.82) is 0 Å². The minimum Gasteiger partial charge on any atom is -0.463 e. The molecule has 1 saturated heterocycles. The number of halogens is 4. The third-order valence-corrected chi connectivity index (χ3v) is 6.88. The van der Waals surface area contributed by atoms with Gasteiger partial charge in [0.25, 0.3) is 5.91 Å². The molecule has 0 bridgehead atoms. The van der Waals surface area contributed by atoms with E-state index in [1.165, 1.54) is 24.7 Å². The van der Waals surface area contributed by atoms with Crippen LogP contribution in [0.2, 0.25) is 0 Å². The molecule has 1 N–H and O–H groups in total. The summed E-state index contributed by atoms with van der Waals surface area (Å²) in [6.07, 6.45) is 3.60. The van der Waals surface area contributed by atoms with Gasteiger partial charge >= 0.3 is 6.01 Å². The second-order valence-corrected chi connectivity index (χ2v) is 10.2. The molecule has 200 valence electrons. The van der Waals surface area contributed by atoms with Crippen LogP contribution >= 0.6 is 0 Å². The van der Waals surface area contributed by atoms with E-state index >= 15 is 0 Å². The zero-order valence-corrected chi connectivity index (χ0v) is 20.6. The third-order valence-electron chi connectivity index (χ3n) is 6.88. The second kappa shape index (κ2) is 10.3. The van der Waals surface area contributed by atoms with Gasteiger partial charge in [-0.3, -0.25) is 9.78 Å². The summed E-state index contributed by atoms with van der Waals surface area (Å²) in [7, 11) is 0. The fourth-order valence-electron chi connectivity index (χ4n) is 4.63. The molecule has 2 fully saturated rings. The molecule has 1 aliphatic heterocycles. The number of alkyl halides is 2. The van der Waals surface area contributed by atoms with Crippen LogP contribution in [-0.4, -0.2) is 46.6 Å². The number of ether oxygens (including phenoxy) is 2. The predicted molar refractivity (Wildman–Crippen MR) is 130 cm³/mol. The van der Waals surface area contributed by atoms with Gasteiger partial charge in [-0.2, -0.15) is 0 Å². The lowest BCUT2D eigenvalue weighted by Crippen LogP contribution is -2.44. The van der Waals surface area contributed by atoms with Crippen molar-refractivity contribution < 1.29 is 31.8 Å².